The lowest BCUT2D eigenvalue weighted by Crippen LogP contribution is -2.42. The number of hydrogen-bond acceptors (Lipinski definition) is 6. The largest absolute Gasteiger partial charge is 0.354 e. The molecule has 3 unspecified atom stereocenters. The molecule has 0 heterocycles. The number of amides is 2. The molecule has 1 aromatic carbocycles. The van der Waals surface area contributed by atoms with Crippen molar-refractivity contribution in [2.75, 3.05) is 39.3 Å². The standard InChI is InChI=1S/C39H68N4O4/c1-8-12-23-38(6,21-10-3)34(44)15-14-25-40-26-20-31(5)35(45)32-16-18-33(19-17-32)36(46)42-29-27-41-28-30-43-37(47)39(7,22-11-4)24-13-9-2/h16-19,31,40-41H,8-15,20-30H2,1-7H3,(H,42,46)(H,43,47). The van der Waals surface area contributed by atoms with Crippen molar-refractivity contribution in [2.24, 2.45) is 16.7 Å². The highest BCUT2D eigenvalue weighted by Crippen LogP contribution is 2.32. The van der Waals surface area contributed by atoms with Gasteiger partial charge in [-0.2, -0.15) is 0 Å². The molecular weight excluding hydrogens is 588 g/mol. The van der Waals surface area contributed by atoms with Crippen LogP contribution in [0.15, 0.2) is 24.3 Å². The third-order valence-electron chi connectivity index (χ3n) is 9.55. The molecule has 1 rings (SSSR count). The Morgan fingerprint density at radius 2 is 1.15 bits per heavy atom. The Labute approximate surface area is 286 Å². The van der Waals surface area contributed by atoms with Gasteiger partial charge in [-0.1, -0.05) is 99.1 Å². The van der Waals surface area contributed by atoms with Crippen molar-refractivity contribution in [3.8, 4) is 0 Å². The lowest BCUT2D eigenvalue weighted by atomic mass is 9.75. The quantitative estimate of drug-likeness (QED) is 0.0557. The molecular formula is C39H68N4O4. The van der Waals surface area contributed by atoms with E-state index in [0.29, 0.717) is 55.9 Å². The highest BCUT2D eigenvalue weighted by atomic mass is 16.2. The van der Waals surface area contributed by atoms with Crippen LogP contribution < -0.4 is 21.3 Å². The van der Waals surface area contributed by atoms with E-state index in [4.69, 9.17) is 0 Å². The molecule has 0 aliphatic carbocycles. The first-order valence-electron chi connectivity index (χ1n) is 18.6. The summed E-state index contributed by atoms with van der Waals surface area (Å²) in [4.78, 5) is 51.2. The van der Waals surface area contributed by atoms with Gasteiger partial charge in [0.25, 0.3) is 5.91 Å². The number of carbonyl (C=O) groups is 4. The van der Waals surface area contributed by atoms with Crippen molar-refractivity contribution in [3.05, 3.63) is 35.4 Å². The minimum atomic E-state index is -0.304. The van der Waals surface area contributed by atoms with Crippen molar-refractivity contribution >= 4 is 23.4 Å². The van der Waals surface area contributed by atoms with Crippen molar-refractivity contribution in [1.82, 2.24) is 21.3 Å². The Morgan fingerprint density at radius 3 is 1.74 bits per heavy atom. The maximum absolute atomic E-state index is 13.0. The fourth-order valence-corrected chi connectivity index (χ4v) is 6.28. The van der Waals surface area contributed by atoms with Gasteiger partial charge in [-0.25, -0.2) is 0 Å². The molecule has 0 radical (unpaired) electrons. The molecule has 0 bridgehead atoms. The molecule has 2 amide bonds. The fourth-order valence-electron chi connectivity index (χ4n) is 6.28. The normalized spacial score (nSPS) is 14.5. The summed E-state index contributed by atoms with van der Waals surface area (Å²) in [5.74, 6) is 0.261. The van der Waals surface area contributed by atoms with E-state index in [-0.39, 0.29) is 34.3 Å². The number of benzene rings is 1. The second-order valence-corrected chi connectivity index (χ2v) is 14.0. The number of rotatable bonds is 28. The van der Waals surface area contributed by atoms with Crippen molar-refractivity contribution < 1.29 is 19.2 Å². The molecule has 8 heteroatoms. The summed E-state index contributed by atoms with van der Waals surface area (Å²) >= 11 is 0. The van der Waals surface area contributed by atoms with Gasteiger partial charge in [-0.05, 0) is 63.7 Å². The van der Waals surface area contributed by atoms with Crippen LogP contribution in [0.1, 0.15) is 153 Å². The first kappa shape index (κ1) is 42.4. The van der Waals surface area contributed by atoms with E-state index in [0.717, 1.165) is 83.7 Å². The Balaban J connectivity index is 2.32. The highest BCUT2D eigenvalue weighted by Gasteiger charge is 2.31. The summed E-state index contributed by atoms with van der Waals surface area (Å²) in [6.07, 6.45) is 12.3. The van der Waals surface area contributed by atoms with Gasteiger partial charge in [0.05, 0.1) is 0 Å². The second-order valence-electron chi connectivity index (χ2n) is 14.0. The van der Waals surface area contributed by atoms with Crippen LogP contribution in [0.25, 0.3) is 0 Å². The summed E-state index contributed by atoms with van der Waals surface area (Å²) in [5, 5.41) is 12.6. The molecule has 268 valence electrons. The molecule has 0 aliphatic heterocycles. The maximum atomic E-state index is 13.0. The molecule has 4 N–H and O–H groups in total. The van der Waals surface area contributed by atoms with Crippen molar-refractivity contribution in [3.63, 3.8) is 0 Å². The molecule has 3 atom stereocenters. The average Bonchev–Trinajstić information content (AvgIpc) is 3.06. The average molecular weight is 657 g/mol. The molecule has 47 heavy (non-hydrogen) atoms. The van der Waals surface area contributed by atoms with Crippen LogP contribution in [-0.2, 0) is 9.59 Å². The molecule has 0 aromatic heterocycles. The molecule has 1 aromatic rings. The van der Waals surface area contributed by atoms with Gasteiger partial charge >= 0.3 is 0 Å². The predicted molar refractivity (Wildman–Crippen MR) is 195 cm³/mol. The van der Waals surface area contributed by atoms with E-state index in [1.54, 1.807) is 24.3 Å². The van der Waals surface area contributed by atoms with Gasteiger partial charge in [-0.3, -0.25) is 19.2 Å². The van der Waals surface area contributed by atoms with Crippen LogP contribution in [-0.4, -0.2) is 62.6 Å². The van der Waals surface area contributed by atoms with Gasteiger partial charge in [0.2, 0.25) is 5.91 Å². The second kappa shape index (κ2) is 23.7. The number of carbonyl (C=O) groups excluding carboxylic acids is 4. The first-order valence-corrected chi connectivity index (χ1v) is 18.6. The van der Waals surface area contributed by atoms with Crippen LogP contribution in [0.5, 0.6) is 0 Å². The maximum Gasteiger partial charge on any atom is 0.251 e. The molecule has 0 spiro atoms. The van der Waals surface area contributed by atoms with E-state index >= 15 is 0 Å². The minimum Gasteiger partial charge on any atom is -0.354 e. The van der Waals surface area contributed by atoms with Gasteiger partial charge in [0, 0.05) is 60.5 Å². The summed E-state index contributed by atoms with van der Waals surface area (Å²) in [7, 11) is 0. The van der Waals surface area contributed by atoms with Gasteiger partial charge in [0.1, 0.15) is 5.78 Å². The van der Waals surface area contributed by atoms with E-state index in [2.05, 4.69) is 62.8 Å². The summed E-state index contributed by atoms with van der Waals surface area (Å²) < 4.78 is 0. The van der Waals surface area contributed by atoms with Crippen LogP contribution >= 0.6 is 0 Å². The monoisotopic (exact) mass is 657 g/mol. The zero-order valence-electron chi connectivity index (χ0n) is 31.0. The smallest absolute Gasteiger partial charge is 0.251 e. The first-order chi connectivity index (χ1) is 22.5. The van der Waals surface area contributed by atoms with E-state index < -0.39 is 0 Å². The van der Waals surface area contributed by atoms with Crippen LogP contribution in [0.3, 0.4) is 0 Å². The zero-order chi connectivity index (χ0) is 35.1. The summed E-state index contributed by atoms with van der Waals surface area (Å²) in [6, 6.07) is 6.86. The number of unbranched alkanes of at least 4 members (excludes halogenated alkanes) is 2. The topological polar surface area (TPSA) is 116 Å². The van der Waals surface area contributed by atoms with E-state index in [1.165, 1.54) is 0 Å². The molecule has 0 aliphatic rings. The van der Waals surface area contributed by atoms with Crippen LogP contribution in [0, 0.1) is 16.7 Å². The summed E-state index contributed by atoms with van der Waals surface area (Å²) in [5.41, 5.74) is 0.632. The SMILES string of the molecule is CCCCC(C)(CCC)C(=O)CCCNCCC(C)C(=O)c1ccc(C(=O)NCCNCCNC(=O)C(C)(CCC)CCCC)cc1. The number of hydrogen-bond donors (Lipinski definition) is 4. The summed E-state index contributed by atoms with van der Waals surface area (Å²) in [6.45, 7) is 18.5. The number of Topliss-reactive ketones (excluding diaryl/α,β-unsaturated/α-hetero) is 2. The molecule has 0 fully saturated rings. The highest BCUT2D eigenvalue weighted by molar-refractivity contribution is 5.99. The lowest BCUT2D eigenvalue weighted by molar-refractivity contribution is -0.131. The number of nitrogens with one attached hydrogen (secondary N) is 4. The Morgan fingerprint density at radius 1 is 0.617 bits per heavy atom. The minimum absolute atomic E-state index is 0.0665. The third-order valence-corrected chi connectivity index (χ3v) is 9.55. The molecule has 0 saturated heterocycles. The number of ketones is 2. The van der Waals surface area contributed by atoms with E-state index in [1.807, 2.05) is 6.92 Å². The Kier molecular flexibility index (Phi) is 21.4. The zero-order valence-corrected chi connectivity index (χ0v) is 31.0. The Bertz CT molecular complexity index is 1060. The molecule has 8 nitrogen and oxygen atoms in total. The van der Waals surface area contributed by atoms with Gasteiger partial charge < -0.3 is 21.3 Å². The fraction of sp³-hybridized carbons (Fsp3) is 0.744. The van der Waals surface area contributed by atoms with Crippen molar-refractivity contribution in [1.29, 1.82) is 0 Å². The third kappa shape index (κ3) is 15.9. The lowest BCUT2D eigenvalue weighted by Gasteiger charge is -2.28. The predicted octanol–water partition coefficient (Wildman–Crippen LogP) is 7.26. The Hall–Kier alpha value is -2.58. The molecule has 0 saturated carbocycles. The van der Waals surface area contributed by atoms with Crippen LogP contribution in [0.2, 0.25) is 0 Å². The van der Waals surface area contributed by atoms with Crippen molar-refractivity contribution in [2.45, 2.75) is 132 Å². The van der Waals surface area contributed by atoms with Crippen LogP contribution in [0.4, 0.5) is 0 Å². The van der Waals surface area contributed by atoms with E-state index in [9.17, 15) is 19.2 Å². The van der Waals surface area contributed by atoms with Gasteiger partial charge in [-0.15, -0.1) is 0 Å². The van der Waals surface area contributed by atoms with Gasteiger partial charge in [0.15, 0.2) is 5.78 Å².